The third kappa shape index (κ3) is 2.72. The second-order valence-corrected chi connectivity index (χ2v) is 7.02. The minimum absolute atomic E-state index is 0.334. The van der Waals surface area contributed by atoms with E-state index in [2.05, 4.69) is 86.6 Å². The third-order valence-electron chi connectivity index (χ3n) is 4.04. The Morgan fingerprint density at radius 1 is 1.05 bits per heavy atom. The Labute approximate surface area is 137 Å². The van der Waals surface area contributed by atoms with Gasteiger partial charge in [-0.25, -0.2) is 0 Å². The van der Waals surface area contributed by atoms with Crippen LogP contribution in [0.3, 0.4) is 0 Å². The second kappa shape index (κ2) is 6.00. The molecule has 0 amide bonds. The zero-order valence-corrected chi connectivity index (χ0v) is 14.5. The quantitative estimate of drug-likeness (QED) is 0.719. The number of nitrogens with one attached hydrogen (secondary N) is 1. The van der Waals surface area contributed by atoms with Crippen molar-refractivity contribution < 1.29 is 0 Å². The van der Waals surface area contributed by atoms with Gasteiger partial charge in [-0.05, 0) is 48.6 Å². The molecule has 0 bridgehead atoms. The molecule has 3 heteroatoms. The lowest BCUT2D eigenvalue weighted by molar-refractivity contribution is 0.464. The van der Waals surface area contributed by atoms with Gasteiger partial charge in [0.05, 0.1) is 0 Å². The summed E-state index contributed by atoms with van der Waals surface area (Å²) in [6.45, 7) is 2.23. The molecule has 2 atom stereocenters. The van der Waals surface area contributed by atoms with Gasteiger partial charge in [0.25, 0.3) is 0 Å². The van der Waals surface area contributed by atoms with Crippen molar-refractivity contribution in [3.05, 3.63) is 68.1 Å². The van der Waals surface area contributed by atoms with Crippen molar-refractivity contribution in [2.75, 3.05) is 0 Å². The van der Waals surface area contributed by atoms with Crippen LogP contribution < -0.4 is 5.32 Å². The molecule has 0 aromatic heterocycles. The molecule has 0 aliphatic heterocycles. The molecule has 3 rings (SSSR count). The molecule has 0 spiro atoms. The zero-order chi connectivity index (χ0) is 14.1. The summed E-state index contributed by atoms with van der Waals surface area (Å²) in [5, 5.41) is 3.77. The normalized spacial score (nSPS) is 18.9. The number of halogens is 2. The molecule has 2 aromatic rings. The van der Waals surface area contributed by atoms with Gasteiger partial charge in [0, 0.05) is 21.0 Å². The average molecular weight is 395 g/mol. The highest BCUT2D eigenvalue weighted by Crippen LogP contribution is 2.37. The third-order valence-corrected chi connectivity index (χ3v) is 5.50. The van der Waals surface area contributed by atoms with Crippen LogP contribution in [0.15, 0.2) is 51.4 Å². The van der Waals surface area contributed by atoms with E-state index in [1.165, 1.54) is 32.1 Å². The lowest BCUT2D eigenvalue weighted by Crippen LogP contribution is -2.23. The minimum Gasteiger partial charge on any atom is -0.303 e. The maximum atomic E-state index is 3.77. The predicted molar refractivity (Wildman–Crippen MR) is 90.9 cm³/mol. The van der Waals surface area contributed by atoms with E-state index in [0.29, 0.717) is 12.1 Å². The Kier molecular flexibility index (Phi) is 4.29. The highest BCUT2D eigenvalue weighted by molar-refractivity contribution is 9.10. The van der Waals surface area contributed by atoms with Crippen LogP contribution in [0.2, 0.25) is 0 Å². The Balaban J connectivity index is 1.81. The Morgan fingerprint density at radius 2 is 1.80 bits per heavy atom. The second-order valence-electron chi connectivity index (χ2n) is 5.31. The van der Waals surface area contributed by atoms with Crippen LogP contribution in [-0.4, -0.2) is 0 Å². The zero-order valence-electron chi connectivity index (χ0n) is 11.4. The molecule has 1 nitrogen and oxygen atoms in total. The van der Waals surface area contributed by atoms with Crippen molar-refractivity contribution >= 4 is 31.9 Å². The topological polar surface area (TPSA) is 12.0 Å². The van der Waals surface area contributed by atoms with E-state index in [-0.39, 0.29) is 0 Å². The largest absolute Gasteiger partial charge is 0.303 e. The monoisotopic (exact) mass is 393 g/mol. The number of rotatable bonds is 3. The molecule has 0 saturated heterocycles. The van der Waals surface area contributed by atoms with Crippen LogP contribution >= 0.6 is 31.9 Å². The number of hydrogen-bond acceptors (Lipinski definition) is 1. The molecule has 0 radical (unpaired) electrons. The van der Waals surface area contributed by atoms with E-state index >= 15 is 0 Å². The van der Waals surface area contributed by atoms with Gasteiger partial charge in [-0.3, -0.25) is 0 Å². The highest BCUT2D eigenvalue weighted by Gasteiger charge is 2.25. The van der Waals surface area contributed by atoms with Crippen LogP contribution in [0.4, 0.5) is 0 Å². The van der Waals surface area contributed by atoms with Crippen LogP contribution in [0.1, 0.15) is 42.1 Å². The van der Waals surface area contributed by atoms with Gasteiger partial charge in [-0.2, -0.15) is 0 Å². The molecule has 0 saturated carbocycles. The summed E-state index contributed by atoms with van der Waals surface area (Å²) in [7, 11) is 0. The van der Waals surface area contributed by atoms with E-state index in [1.54, 1.807) is 0 Å². The molecular weight excluding hydrogens is 378 g/mol. The summed E-state index contributed by atoms with van der Waals surface area (Å²) >= 11 is 7.30. The van der Waals surface area contributed by atoms with Gasteiger partial charge < -0.3 is 5.32 Å². The fraction of sp³-hybridized carbons (Fsp3) is 0.294. The van der Waals surface area contributed by atoms with E-state index in [4.69, 9.17) is 0 Å². The SMILES string of the molecule is C[C@@H](NC1CCc2c(Br)cccc21)c1ccccc1Br. The Morgan fingerprint density at radius 3 is 2.60 bits per heavy atom. The first-order valence-corrected chi connectivity index (χ1v) is 8.53. The minimum atomic E-state index is 0.334. The van der Waals surface area contributed by atoms with Crippen molar-refractivity contribution in [2.24, 2.45) is 0 Å². The lowest BCUT2D eigenvalue weighted by Gasteiger charge is -2.21. The Hall–Kier alpha value is -0.640. The van der Waals surface area contributed by atoms with Crippen molar-refractivity contribution in [3.8, 4) is 0 Å². The van der Waals surface area contributed by atoms with Crippen molar-refractivity contribution in [2.45, 2.75) is 31.8 Å². The number of benzene rings is 2. The molecular formula is C17H17Br2N. The summed E-state index contributed by atoms with van der Waals surface area (Å²) in [5.74, 6) is 0. The molecule has 1 aliphatic rings. The summed E-state index contributed by atoms with van der Waals surface area (Å²) in [4.78, 5) is 0. The predicted octanol–water partition coefficient (Wildman–Crippen LogP) is 5.55. The maximum absolute atomic E-state index is 3.77. The summed E-state index contributed by atoms with van der Waals surface area (Å²) in [6, 6.07) is 15.7. The van der Waals surface area contributed by atoms with Crippen molar-refractivity contribution in [1.29, 1.82) is 0 Å². The van der Waals surface area contributed by atoms with E-state index in [1.807, 2.05) is 0 Å². The molecule has 0 fully saturated rings. The van der Waals surface area contributed by atoms with Gasteiger partial charge in [-0.1, -0.05) is 62.2 Å². The van der Waals surface area contributed by atoms with Crippen LogP contribution in [-0.2, 0) is 6.42 Å². The summed E-state index contributed by atoms with van der Waals surface area (Å²) in [5.41, 5.74) is 4.22. The molecule has 20 heavy (non-hydrogen) atoms. The van der Waals surface area contributed by atoms with Crippen LogP contribution in [0.5, 0.6) is 0 Å². The Bertz CT molecular complexity index is 624. The lowest BCUT2D eigenvalue weighted by atomic mass is 10.0. The van der Waals surface area contributed by atoms with Crippen molar-refractivity contribution in [1.82, 2.24) is 5.32 Å². The number of hydrogen-bond donors (Lipinski definition) is 1. The fourth-order valence-electron chi connectivity index (χ4n) is 3.00. The van der Waals surface area contributed by atoms with Crippen LogP contribution in [0, 0.1) is 0 Å². The summed E-state index contributed by atoms with van der Waals surface area (Å²) < 4.78 is 2.42. The first-order valence-electron chi connectivity index (χ1n) is 6.94. The fourth-order valence-corrected chi connectivity index (χ4v) is 4.21. The van der Waals surface area contributed by atoms with Crippen molar-refractivity contribution in [3.63, 3.8) is 0 Å². The maximum Gasteiger partial charge on any atom is 0.0332 e. The molecule has 1 N–H and O–H groups in total. The van der Waals surface area contributed by atoms with E-state index < -0.39 is 0 Å². The van der Waals surface area contributed by atoms with Gasteiger partial charge in [-0.15, -0.1) is 0 Å². The highest BCUT2D eigenvalue weighted by atomic mass is 79.9. The molecule has 2 aromatic carbocycles. The summed E-state index contributed by atoms with van der Waals surface area (Å²) in [6.07, 6.45) is 2.32. The molecule has 104 valence electrons. The molecule has 1 aliphatic carbocycles. The standard InChI is InChI=1S/C17H17Br2N/c1-11(12-5-2-3-7-15(12)18)20-17-10-9-13-14(17)6-4-8-16(13)19/h2-8,11,17,20H,9-10H2,1H3/t11-,17?/m1/s1. The smallest absolute Gasteiger partial charge is 0.0332 e. The first kappa shape index (κ1) is 14.3. The van der Waals surface area contributed by atoms with E-state index in [0.717, 1.165) is 6.42 Å². The van der Waals surface area contributed by atoms with Gasteiger partial charge in [0.15, 0.2) is 0 Å². The molecule has 0 heterocycles. The van der Waals surface area contributed by atoms with Gasteiger partial charge in [0.1, 0.15) is 0 Å². The first-order chi connectivity index (χ1) is 9.66. The van der Waals surface area contributed by atoms with E-state index in [9.17, 15) is 0 Å². The van der Waals surface area contributed by atoms with Gasteiger partial charge >= 0.3 is 0 Å². The number of fused-ring (bicyclic) bond motifs is 1. The van der Waals surface area contributed by atoms with Crippen LogP contribution in [0.25, 0.3) is 0 Å². The average Bonchev–Trinajstić information content (AvgIpc) is 2.84. The van der Waals surface area contributed by atoms with Gasteiger partial charge in [0.2, 0.25) is 0 Å². The molecule has 1 unspecified atom stereocenters.